The molecule has 0 saturated heterocycles. The van der Waals surface area contributed by atoms with Crippen molar-refractivity contribution in [3.05, 3.63) is 113 Å². The topological polar surface area (TPSA) is 67.2 Å². The lowest BCUT2D eigenvalue weighted by atomic mass is 10.0. The Balaban J connectivity index is 1.63. The number of para-hydroxylation sites is 1. The Kier molecular flexibility index (Phi) is 7.22. The fourth-order valence-electron chi connectivity index (χ4n) is 4.33. The molecule has 0 bridgehead atoms. The molecule has 0 unspecified atom stereocenters. The fraction of sp³-hybridized carbons (Fsp3) is 0.207. The molecule has 178 valence electrons. The van der Waals surface area contributed by atoms with Crippen LogP contribution in [0.1, 0.15) is 45.8 Å². The average Bonchev–Trinajstić information content (AvgIpc) is 3.14. The number of ketones is 1. The Morgan fingerprint density at radius 2 is 1.60 bits per heavy atom. The standard InChI is InChI=1S/C29H30N4O2/c1-20-27(21(2)33(31-20)26-16-9-6-10-17-26)19-32(4)28(23-12-7-5-8-13-23)29(35)30-25-15-11-14-24(18-25)22(3)34/h5-18,28H,19H2,1-4H3,(H,30,35)/t28-/m1/s1. The fourth-order valence-corrected chi connectivity index (χ4v) is 4.33. The molecular weight excluding hydrogens is 436 g/mol. The van der Waals surface area contributed by atoms with Crippen molar-refractivity contribution in [1.82, 2.24) is 14.7 Å². The van der Waals surface area contributed by atoms with Crippen LogP contribution >= 0.6 is 0 Å². The summed E-state index contributed by atoms with van der Waals surface area (Å²) in [6.07, 6.45) is 0. The highest BCUT2D eigenvalue weighted by Gasteiger charge is 2.27. The van der Waals surface area contributed by atoms with Gasteiger partial charge in [-0.15, -0.1) is 0 Å². The van der Waals surface area contributed by atoms with Gasteiger partial charge in [0.05, 0.1) is 11.4 Å². The zero-order valence-corrected chi connectivity index (χ0v) is 20.5. The zero-order valence-electron chi connectivity index (χ0n) is 20.5. The van der Waals surface area contributed by atoms with E-state index in [0.29, 0.717) is 17.8 Å². The van der Waals surface area contributed by atoms with Crippen LogP contribution in [0.2, 0.25) is 0 Å². The molecule has 0 aliphatic heterocycles. The predicted octanol–water partition coefficient (Wildman–Crippen LogP) is 5.50. The first-order chi connectivity index (χ1) is 16.8. The number of likely N-dealkylation sites (N-methyl/N-ethyl adjacent to an activating group) is 1. The molecule has 1 heterocycles. The Hall–Kier alpha value is -4.03. The van der Waals surface area contributed by atoms with E-state index in [9.17, 15) is 9.59 Å². The highest BCUT2D eigenvalue weighted by molar-refractivity contribution is 5.98. The Bertz CT molecular complexity index is 1330. The number of rotatable bonds is 8. The number of aryl methyl sites for hydroxylation is 1. The molecule has 0 fully saturated rings. The molecule has 6 heteroatoms. The van der Waals surface area contributed by atoms with Crippen molar-refractivity contribution in [3.63, 3.8) is 0 Å². The summed E-state index contributed by atoms with van der Waals surface area (Å²) in [5.41, 5.74) is 6.11. The van der Waals surface area contributed by atoms with Crippen molar-refractivity contribution in [2.45, 2.75) is 33.4 Å². The normalized spacial score (nSPS) is 11.9. The molecule has 0 saturated carbocycles. The number of aromatic nitrogens is 2. The SMILES string of the molecule is CC(=O)c1cccc(NC(=O)[C@@H](c2ccccc2)N(C)Cc2c(C)nn(-c3ccccc3)c2C)c1. The predicted molar refractivity (Wildman–Crippen MR) is 139 cm³/mol. The number of benzene rings is 3. The molecule has 3 aromatic carbocycles. The van der Waals surface area contributed by atoms with E-state index in [1.165, 1.54) is 6.92 Å². The second-order valence-corrected chi connectivity index (χ2v) is 8.75. The van der Waals surface area contributed by atoms with E-state index in [1.807, 2.05) is 84.2 Å². The van der Waals surface area contributed by atoms with Gasteiger partial charge in [-0.25, -0.2) is 4.68 Å². The van der Waals surface area contributed by atoms with Gasteiger partial charge < -0.3 is 5.32 Å². The average molecular weight is 467 g/mol. The first-order valence-corrected chi connectivity index (χ1v) is 11.6. The quantitative estimate of drug-likeness (QED) is 0.348. The van der Waals surface area contributed by atoms with Crippen molar-refractivity contribution < 1.29 is 9.59 Å². The molecule has 1 amide bonds. The molecule has 4 aromatic rings. The van der Waals surface area contributed by atoms with Crippen molar-refractivity contribution in [3.8, 4) is 5.69 Å². The Morgan fingerprint density at radius 3 is 2.26 bits per heavy atom. The van der Waals surface area contributed by atoms with Gasteiger partial charge in [-0.3, -0.25) is 14.5 Å². The second-order valence-electron chi connectivity index (χ2n) is 8.75. The maximum Gasteiger partial charge on any atom is 0.246 e. The molecular formula is C29H30N4O2. The molecule has 1 atom stereocenters. The number of amides is 1. The molecule has 1 N–H and O–H groups in total. The zero-order chi connectivity index (χ0) is 24.9. The summed E-state index contributed by atoms with van der Waals surface area (Å²) in [5.74, 6) is -0.204. The van der Waals surface area contributed by atoms with Crippen LogP contribution < -0.4 is 5.32 Å². The van der Waals surface area contributed by atoms with Gasteiger partial charge in [-0.2, -0.15) is 5.10 Å². The van der Waals surface area contributed by atoms with Gasteiger partial charge in [0.1, 0.15) is 6.04 Å². The second kappa shape index (κ2) is 10.5. The lowest BCUT2D eigenvalue weighted by Gasteiger charge is -2.28. The van der Waals surface area contributed by atoms with Gasteiger partial charge in [0.15, 0.2) is 5.78 Å². The summed E-state index contributed by atoms with van der Waals surface area (Å²) >= 11 is 0. The highest BCUT2D eigenvalue weighted by Crippen LogP contribution is 2.26. The van der Waals surface area contributed by atoms with Gasteiger partial charge in [-0.1, -0.05) is 60.7 Å². The van der Waals surface area contributed by atoms with Gasteiger partial charge in [0.25, 0.3) is 0 Å². The lowest BCUT2D eigenvalue weighted by Crippen LogP contribution is -2.34. The molecule has 4 rings (SSSR count). The maximum absolute atomic E-state index is 13.6. The van der Waals surface area contributed by atoms with Gasteiger partial charge >= 0.3 is 0 Å². The molecule has 35 heavy (non-hydrogen) atoms. The number of nitrogens with one attached hydrogen (secondary N) is 1. The van der Waals surface area contributed by atoms with Crippen molar-refractivity contribution in [1.29, 1.82) is 0 Å². The van der Waals surface area contributed by atoms with Crippen LogP contribution in [0.5, 0.6) is 0 Å². The van der Waals surface area contributed by atoms with Crippen LogP contribution in [-0.4, -0.2) is 33.4 Å². The van der Waals surface area contributed by atoms with Crippen molar-refractivity contribution in [2.24, 2.45) is 0 Å². The Morgan fingerprint density at radius 1 is 0.943 bits per heavy atom. The number of anilines is 1. The van der Waals surface area contributed by atoms with Gasteiger partial charge in [-0.05, 0) is 57.6 Å². The minimum absolute atomic E-state index is 0.0424. The van der Waals surface area contributed by atoms with Crippen LogP contribution in [0.25, 0.3) is 5.69 Å². The third kappa shape index (κ3) is 5.39. The summed E-state index contributed by atoms with van der Waals surface area (Å²) in [6.45, 7) is 6.12. The van der Waals surface area contributed by atoms with Crippen molar-refractivity contribution in [2.75, 3.05) is 12.4 Å². The summed E-state index contributed by atoms with van der Waals surface area (Å²) in [6, 6.07) is 26.3. The first kappa shape index (κ1) is 24.1. The van der Waals surface area contributed by atoms with E-state index in [0.717, 1.165) is 28.2 Å². The van der Waals surface area contributed by atoms with Gasteiger partial charge in [0, 0.05) is 29.1 Å². The van der Waals surface area contributed by atoms with Crippen LogP contribution in [0, 0.1) is 13.8 Å². The largest absolute Gasteiger partial charge is 0.324 e. The molecule has 0 radical (unpaired) electrons. The number of carbonyl (C=O) groups excluding carboxylic acids is 2. The minimum Gasteiger partial charge on any atom is -0.324 e. The van der Waals surface area contributed by atoms with E-state index < -0.39 is 6.04 Å². The molecule has 0 spiro atoms. The van der Waals surface area contributed by atoms with E-state index in [2.05, 4.69) is 12.2 Å². The number of Topliss-reactive ketones (excluding diaryl/α,β-unsaturated/α-hetero) is 1. The summed E-state index contributed by atoms with van der Waals surface area (Å²) in [5, 5.41) is 7.77. The van der Waals surface area contributed by atoms with Crippen molar-refractivity contribution >= 4 is 17.4 Å². The van der Waals surface area contributed by atoms with E-state index in [4.69, 9.17) is 5.10 Å². The summed E-state index contributed by atoms with van der Waals surface area (Å²) in [7, 11) is 1.95. The van der Waals surface area contributed by atoms with E-state index >= 15 is 0 Å². The highest BCUT2D eigenvalue weighted by atomic mass is 16.2. The van der Waals surface area contributed by atoms with Crippen LogP contribution in [0.3, 0.4) is 0 Å². The summed E-state index contributed by atoms with van der Waals surface area (Å²) < 4.78 is 1.95. The maximum atomic E-state index is 13.6. The molecule has 0 aliphatic rings. The molecule has 6 nitrogen and oxygen atoms in total. The molecule has 1 aromatic heterocycles. The number of hydrogen-bond acceptors (Lipinski definition) is 4. The lowest BCUT2D eigenvalue weighted by molar-refractivity contribution is -0.121. The third-order valence-electron chi connectivity index (χ3n) is 6.19. The van der Waals surface area contributed by atoms with Gasteiger partial charge in [0.2, 0.25) is 5.91 Å². The van der Waals surface area contributed by atoms with E-state index in [1.54, 1.807) is 24.3 Å². The number of hydrogen-bond donors (Lipinski definition) is 1. The Labute approximate surface area is 206 Å². The molecule has 0 aliphatic carbocycles. The third-order valence-corrected chi connectivity index (χ3v) is 6.19. The van der Waals surface area contributed by atoms with E-state index in [-0.39, 0.29) is 11.7 Å². The summed E-state index contributed by atoms with van der Waals surface area (Å²) in [4.78, 5) is 27.4. The van der Waals surface area contributed by atoms with Crippen LogP contribution in [-0.2, 0) is 11.3 Å². The first-order valence-electron chi connectivity index (χ1n) is 11.6. The van der Waals surface area contributed by atoms with Crippen LogP contribution in [0.4, 0.5) is 5.69 Å². The number of nitrogens with zero attached hydrogens (tertiary/aromatic N) is 3. The minimum atomic E-state index is -0.531. The number of carbonyl (C=O) groups is 2. The van der Waals surface area contributed by atoms with Crippen LogP contribution in [0.15, 0.2) is 84.9 Å². The monoisotopic (exact) mass is 466 g/mol. The smallest absolute Gasteiger partial charge is 0.246 e.